The van der Waals surface area contributed by atoms with Gasteiger partial charge in [-0.05, 0) is 61.1 Å². The molecule has 0 aliphatic heterocycles. The lowest BCUT2D eigenvalue weighted by atomic mass is 10.0. The molecule has 2 N–H and O–H groups in total. The number of rotatable bonds is 8. The van der Waals surface area contributed by atoms with Crippen LogP contribution in [0.4, 0.5) is 5.69 Å². The van der Waals surface area contributed by atoms with E-state index < -0.39 is 0 Å². The van der Waals surface area contributed by atoms with Crippen molar-refractivity contribution in [1.29, 1.82) is 0 Å². The van der Waals surface area contributed by atoms with Gasteiger partial charge in [-0.3, -0.25) is 14.3 Å². The number of hydrogen-bond donors (Lipinski definition) is 2. The summed E-state index contributed by atoms with van der Waals surface area (Å²) >= 11 is 0. The molecule has 0 atom stereocenters. The fourth-order valence-corrected chi connectivity index (χ4v) is 3.95. The topological polar surface area (TPSA) is 97.6 Å². The Kier molecular flexibility index (Phi) is 6.02. The van der Waals surface area contributed by atoms with Gasteiger partial charge in [-0.15, -0.1) is 0 Å². The van der Waals surface area contributed by atoms with Crippen molar-refractivity contribution in [2.24, 2.45) is 7.05 Å². The van der Waals surface area contributed by atoms with Crippen LogP contribution in [0.1, 0.15) is 28.8 Å². The molecule has 3 aromatic heterocycles. The van der Waals surface area contributed by atoms with Crippen LogP contribution in [0.3, 0.4) is 0 Å². The van der Waals surface area contributed by atoms with E-state index in [1.165, 1.54) is 11.6 Å². The van der Waals surface area contributed by atoms with Crippen molar-refractivity contribution in [3.63, 3.8) is 0 Å². The minimum absolute atomic E-state index is 0.120. The number of anilines is 1. The number of carbonyl (C=O) groups is 1. The van der Waals surface area contributed by atoms with Crippen LogP contribution in [0.5, 0.6) is 0 Å². The first kappa shape index (κ1) is 21.3. The molecule has 0 bridgehead atoms. The van der Waals surface area contributed by atoms with Gasteiger partial charge in [0.25, 0.3) is 5.56 Å². The number of aromatic amines is 1. The summed E-state index contributed by atoms with van der Waals surface area (Å²) in [6, 6.07) is 7.44. The zero-order valence-corrected chi connectivity index (χ0v) is 18.3. The van der Waals surface area contributed by atoms with Crippen molar-refractivity contribution in [2.75, 3.05) is 5.32 Å². The second kappa shape index (κ2) is 9.05. The average Bonchev–Trinajstić information content (AvgIpc) is 3.38. The number of H-pyrrole nitrogens is 1. The Morgan fingerprint density at radius 2 is 2.06 bits per heavy atom. The molecule has 0 aliphatic carbocycles. The number of aromatic nitrogens is 5. The Morgan fingerprint density at radius 1 is 1.25 bits per heavy atom. The van der Waals surface area contributed by atoms with Crippen molar-refractivity contribution in [3.8, 4) is 0 Å². The van der Waals surface area contributed by atoms with Gasteiger partial charge in [-0.2, -0.15) is 5.10 Å². The molecule has 0 radical (unpaired) electrons. The molecule has 0 unspecified atom stereocenters. The van der Waals surface area contributed by atoms with E-state index in [9.17, 15) is 9.59 Å². The molecule has 1 aromatic carbocycles. The molecule has 3 heterocycles. The Morgan fingerprint density at radius 3 is 2.81 bits per heavy atom. The zero-order chi connectivity index (χ0) is 22.7. The van der Waals surface area contributed by atoms with E-state index in [4.69, 9.17) is 0 Å². The molecule has 0 saturated carbocycles. The summed E-state index contributed by atoms with van der Waals surface area (Å²) < 4.78 is 3.53. The third-order valence-corrected chi connectivity index (χ3v) is 5.47. The molecule has 8 nitrogen and oxygen atoms in total. The number of hydrogen-bond acceptors (Lipinski definition) is 4. The summed E-state index contributed by atoms with van der Waals surface area (Å²) in [7, 11) is 1.93. The highest BCUT2D eigenvalue weighted by Gasteiger charge is 2.13. The number of imidazole rings is 1. The Labute approximate surface area is 185 Å². The summed E-state index contributed by atoms with van der Waals surface area (Å²) in [5.41, 5.74) is 5.99. The van der Waals surface area contributed by atoms with Crippen LogP contribution in [-0.2, 0) is 31.2 Å². The maximum Gasteiger partial charge on any atom is 0.276 e. The van der Waals surface area contributed by atoms with Crippen LogP contribution in [0, 0.1) is 6.92 Å². The molecule has 0 fully saturated rings. The van der Waals surface area contributed by atoms with Gasteiger partial charge in [0, 0.05) is 25.1 Å². The van der Waals surface area contributed by atoms with Gasteiger partial charge in [0.15, 0.2) is 0 Å². The summed E-state index contributed by atoms with van der Waals surface area (Å²) in [4.78, 5) is 32.0. The molecule has 1 amide bonds. The lowest BCUT2D eigenvalue weighted by Gasteiger charge is -2.11. The highest BCUT2D eigenvalue weighted by Crippen LogP contribution is 2.18. The van der Waals surface area contributed by atoms with Crippen molar-refractivity contribution >= 4 is 22.6 Å². The van der Waals surface area contributed by atoms with Crippen LogP contribution < -0.4 is 10.9 Å². The fourth-order valence-electron chi connectivity index (χ4n) is 3.95. The molecular weight excluding hydrogens is 404 g/mol. The normalized spacial score (nSPS) is 11.1. The second-order valence-electron chi connectivity index (χ2n) is 7.87. The van der Waals surface area contributed by atoms with E-state index in [1.54, 1.807) is 17.0 Å². The van der Waals surface area contributed by atoms with Crippen LogP contribution in [-0.4, -0.2) is 30.2 Å². The number of benzene rings is 1. The predicted molar refractivity (Wildman–Crippen MR) is 125 cm³/mol. The monoisotopic (exact) mass is 430 g/mol. The standard InChI is InChI=1S/C24H26N6O2/c1-4-21(31)27-20-10-5-7-17(11-20)12-30-14-19(22-23(24(30)32)26-15-25-22)9-6-8-18-13-29(3)28-16(18)2/h4-5,7,10-11,13-15H,1,6,8-9,12H2,2-3H3,(H,25,26)(H,27,31). The SMILES string of the molecule is C=CC(=O)Nc1cccc(Cn2cc(CCCc3cn(C)nc3C)c3nc[nH]c3c2=O)c1. The van der Waals surface area contributed by atoms with Crippen molar-refractivity contribution in [3.05, 3.63) is 88.4 Å². The Balaban J connectivity index is 1.57. The largest absolute Gasteiger partial charge is 0.340 e. The first-order chi connectivity index (χ1) is 15.4. The summed E-state index contributed by atoms with van der Waals surface area (Å²) in [6.45, 7) is 5.88. The molecule has 4 aromatic rings. The first-order valence-corrected chi connectivity index (χ1v) is 10.5. The molecule has 32 heavy (non-hydrogen) atoms. The molecule has 0 saturated heterocycles. The Bertz CT molecular complexity index is 1340. The third kappa shape index (κ3) is 4.54. The van der Waals surface area contributed by atoms with Gasteiger partial charge < -0.3 is 14.9 Å². The van der Waals surface area contributed by atoms with Gasteiger partial charge in [0.05, 0.1) is 24.1 Å². The van der Waals surface area contributed by atoms with Crippen LogP contribution >= 0.6 is 0 Å². The van der Waals surface area contributed by atoms with Crippen LogP contribution in [0.15, 0.2) is 60.4 Å². The number of fused-ring (bicyclic) bond motifs is 1. The van der Waals surface area contributed by atoms with E-state index in [-0.39, 0.29) is 11.5 Å². The minimum atomic E-state index is -0.274. The van der Waals surface area contributed by atoms with E-state index in [2.05, 4.69) is 33.2 Å². The van der Waals surface area contributed by atoms with Gasteiger partial charge in [-0.25, -0.2) is 4.98 Å². The third-order valence-electron chi connectivity index (χ3n) is 5.47. The number of carbonyl (C=O) groups excluding carboxylic acids is 1. The molecule has 0 spiro atoms. The quantitative estimate of drug-likeness (QED) is 0.420. The van der Waals surface area contributed by atoms with Gasteiger partial charge in [0.2, 0.25) is 5.91 Å². The number of pyridine rings is 1. The summed E-state index contributed by atoms with van der Waals surface area (Å²) in [6.07, 6.45) is 9.38. The second-order valence-corrected chi connectivity index (χ2v) is 7.87. The van der Waals surface area contributed by atoms with Crippen molar-refractivity contribution in [2.45, 2.75) is 32.7 Å². The number of amides is 1. The van der Waals surface area contributed by atoms with E-state index in [0.29, 0.717) is 17.7 Å². The van der Waals surface area contributed by atoms with Crippen molar-refractivity contribution in [1.82, 2.24) is 24.3 Å². The molecule has 4 rings (SSSR count). The van der Waals surface area contributed by atoms with Crippen LogP contribution in [0.25, 0.3) is 11.0 Å². The van der Waals surface area contributed by atoms with Gasteiger partial charge in [-0.1, -0.05) is 18.7 Å². The first-order valence-electron chi connectivity index (χ1n) is 10.5. The van der Waals surface area contributed by atoms with Crippen LogP contribution in [0.2, 0.25) is 0 Å². The Hall–Kier alpha value is -3.94. The van der Waals surface area contributed by atoms with Gasteiger partial charge in [0.1, 0.15) is 5.52 Å². The number of nitrogens with one attached hydrogen (secondary N) is 2. The lowest BCUT2D eigenvalue weighted by molar-refractivity contribution is -0.111. The summed E-state index contributed by atoms with van der Waals surface area (Å²) in [5.74, 6) is -0.274. The predicted octanol–water partition coefficient (Wildman–Crippen LogP) is 3.11. The average molecular weight is 431 g/mol. The maximum absolute atomic E-state index is 13.0. The smallest absolute Gasteiger partial charge is 0.276 e. The molecule has 164 valence electrons. The zero-order valence-electron chi connectivity index (χ0n) is 18.3. The lowest BCUT2D eigenvalue weighted by Crippen LogP contribution is -2.22. The number of aryl methyl sites for hydroxylation is 4. The maximum atomic E-state index is 13.0. The molecule has 8 heteroatoms. The molecular formula is C24H26N6O2. The van der Waals surface area contributed by atoms with E-state index in [1.807, 2.05) is 43.0 Å². The summed E-state index contributed by atoms with van der Waals surface area (Å²) in [5, 5.41) is 7.16. The highest BCUT2D eigenvalue weighted by atomic mass is 16.1. The van der Waals surface area contributed by atoms with Crippen molar-refractivity contribution < 1.29 is 4.79 Å². The molecule has 0 aliphatic rings. The van der Waals surface area contributed by atoms with E-state index >= 15 is 0 Å². The fraction of sp³-hybridized carbons (Fsp3) is 0.250. The number of nitrogens with zero attached hydrogens (tertiary/aromatic N) is 4. The minimum Gasteiger partial charge on any atom is -0.340 e. The highest BCUT2D eigenvalue weighted by molar-refractivity contribution is 5.98. The van der Waals surface area contributed by atoms with E-state index in [0.717, 1.165) is 41.6 Å². The van der Waals surface area contributed by atoms with Gasteiger partial charge >= 0.3 is 0 Å².